The van der Waals surface area contributed by atoms with Crippen LogP contribution in [-0.2, 0) is 6.54 Å². The van der Waals surface area contributed by atoms with Gasteiger partial charge in [0.2, 0.25) is 6.19 Å². The second-order valence-electron chi connectivity index (χ2n) is 4.40. The standard InChI is InChI=1S/C15H13N3S/c16-11-17-15-18(8-9-19-15)10-13-6-3-5-12-4-1-2-7-14(12)13/h1-7H,8-10H2. The molecule has 19 heavy (non-hydrogen) atoms. The maximum atomic E-state index is 8.70. The van der Waals surface area contributed by atoms with Crippen molar-refractivity contribution in [3.63, 3.8) is 0 Å². The van der Waals surface area contributed by atoms with Crippen molar-refractivity contribution in [3.05, 3.63) is 48.0 Å². The van der Waals surface area contributed by atoms with Gasteiger partial charge in [-0.25, -0.2) is 0 Å². The van der Waals surface area contributed by atoms with Gasteiger partial charge in [-0.15, -0.1) is 4.99 Å². The lowest BCUT2D eigenvalue weighted by Gasteiger charge is -2.18. The number of fused-ring (bicyclic) bond motifs is 1. The molecular formula is C15H13N3S. The van der Waals surface area contributed by atoms with Crippen LogP contribution in [-0.4, -0.2) is 22.4 Å². The quantitative estimate of drug-likeness (QED) is 0.784. The van der Waals surface area contributed by atoms with Gasteiger partial charge in [0, 0.05) is 18.8 Å². The summed E-state index contributed by atoms with van der Waals surface area (Å²) < 4.78 is 0. The third-order valence-corrected chi connectivity index (χ3v) is 4.24. The van der Waals surface area contributed by atoms with E-state index in [1.165, 1.54) is 16.3 Å². The zero-order valence-electron chi connectivity index (χ0n) is 10.4. The molecule has 2 aromatic carbocycles. The maximum Gasteiger partial charge on any atom is 0.208 e. The first-order chi connectivity index (χ1) is 9.38. The average molecular weight is 267 g/mol. The van der Waals surface area contributed by atoms with Crippen LogP contribution in [0, 0.1) is 11.5 Å². The van der Waals surface area contributed by atoms with Crippen LogP contribution in [0.25, 0.3) is 10.8 Å². The smallest absolute Gasteiger partial charge is 0.208 e. The van der Waals surface area contributed by atoms with Crippen LogP contribution in [0.5, 0.6) is 0 Å². The Morgan fingerprint density at radius 2 is 2.05 bits per heavy atom. The van der Waals surface area contributed by atoms with Crippen molar-refractivity contribution in [2.24, 2.45) is 4.99 Å². The zero-order chi connectivity index (χ0) is 13.1. The van der Waals surface area contributed by atoms with Crippen LogP contribution < -0.4 is 0 Å². The van der Waals surface area contributed by atoms with E-state index in [0.717, 1.165) is 24.0 Å². The van der Waals surface area contributed by atoms with Crippen molar-refractivity contribution >= 4 is 27.7 Å². The Morgan fingerprint density at radius 1 is 1.21 bits per heavy atom. The van der Waals surface area contributed by atoms with Crippen molar-refractivity contribution in [1.82, 2.24) is 4.90 Å². The van der Waals surface area contributed by atoms with Crippen LogP contribution in [0.1, 0.15) is 5.56 Å². The summed E-state index contributed by atoms with van der Waals surface area (Å²) in [6.07, 6.45) is 1.89. The second kappa shape index (κ2) is 5.33. The van der Waals surface area contributed by atoms with Crippen LogP contribution >= 0.6 is 11.8 Å². The molecule has 0 bridgehead atoms. The molecule has 0 atom stereocenters. The van der Waals surface area contributed by atoms with Crippen molar-refractivity contribution in [2.45, 2.75) is 6.54 Å². The minimum atomic E-state index is 0.814. The van der Waals surface area contributed by atoms with E-state index in [0.29, 0.717) is 0 Å². The molecule has 94 valence electrons. The third kappa shape index (κ3) is 2.42. The fourth-order valence-corrected chi connectivity index (χ4v) is 3.30. The molecule has 3 nitrogen and oxygen atoms in total. The van der Waals surface area contributed by atoms with Crippen molar-refractivity contribution < 1.29 is 0 Å². The number of hydrogen-bond acceptors (Lipinski definition) is 3. The molecule has 2 aromatic rings. The molecule has 1 saturated heterocycles. The lowest BCUT2D eigenvalue weighted by Crippen LogP contribution is -2.23. The highest BCUT2D eigenvalue weighted by molar-refractivity contribution is 8.14. The normalized spacial score (nSPS) is 17.0. The summed E-state index contributed by atoms with van der Waals surface area (Å²) in [4.78, 5) is 6.07. The molecule has 0 aromatic heterocycles. The van der Waals surface area contributed by atoms with E-state index in [1.807, 2.05) is 6.19 Å². The lowest BCUT2D eigenvalue weighted by atomic mass is 10.0. The molecule has 0 unspecified atom stereocenters. The van der Waals surface area contributed by atoms with Gasteiger partial charge in [-0.05, 0) is 16.3 Å². The SMILES string of the molecule is N#CN=C1SCCN1Cc1cccc2ccccc12. The van der Waals surface area contributed by atoms with Crippen LogP contribution in [0.15, 0.2) is 47.5 Å². The molecule has 0 radical (unpaired) electrons. The highest BCUT2D eigenvalue weighted by Crippen LogP contribution is 2.24. The van der Waals surface area contributed by atoms with Gasteiger partial charge in [-0.3, -0.25) is 0 Å². The first kappa shape index (κ1) is 12.1. The van der Waals surface area contributed by atoms with E-state index in [1.54, 1.807) is 11.8 Å². The number of nitriles is 1. The van der Waals surface area contributed by atoms with Gasteiger partial charge in [0.25, 0.3) is 0 Å². The van der Waals surface area contributed by atoms with Gasteiger partial charge in [0.1, 0.15) is 0 Å². The van der Waals surface area contributed by atoms with E-state index in [-0.39, 0.29) is 0 Å². The molecule has 3 rings (SSSR count). The molecule has 0 amide bonds. The average Bonchev–Trinajstić information content (AvgIpc) is 2.87. The van der Waals surface area contributed by atoms with Gasteiger partial charge < -0.3 is 4.90 Å². The summed E-state index contributed by atoms with van der Waals surface area (Å²) in [6, 6.07) is 14.8. The third-order valence-electron chi connectivity index (χ3n) is 3.25. The molecule has 0 saturated carbocycles. The monoisotopic (exact) mass is 267 g/mol. The lowest BCUT2D eigenvalue weighted by molar-refractivity contribution is 0.459. The van der Waals surface area contributed by atoms with Gasteiger partial charge in [0.15, 0.2) is 5.17 Å². The minimum Gasteiger partial charge on any atom is -0.345 e. The summed E-state index contributed by atoms with van der Waals surface area (Å²) in [5, 5.41) is 12.1. The molecule has 4 heteroatoms. The maximum absolute atomic E-state index is 8.70. The predicted octanol–water partition coefficient (Wildman–Crippen LogP) is 3.23. The highest BCUT2D eigenvalue weighted by Gasteiger charge is 2.20. The zero-order valence-corrected chi connectivity index (χ0v) is 11.2. The number of benzene rings is 2. The Balaban J connectivity index is 1.94. The number of rotatable bonds is 2. The van der Waals surface area contributed by atoms with E-state index < -0.39 is 0 Å². The Hall–Kier alpha value is -1.99. The molecule has 1 fully saturated rings. The van der Waals surface area contributed by atoms with E-state index in [4.69, 9.17) is 5.26 Å². The van der Waals surface area contributed by atoms with Crippen LogP contribution in [0.4, 0.5) is 0 Å². The van der Waals surface area contributed by atoms with Crippen LogP contribution in [0.3, 0.4) is 0 Å². The molecule has 1 aliphatic rings. The molecular weight excluding hydrogens is 254 g/mol. The summed E-state index contributed by atoms with van der Waals surface area (Å²) in [5.74, 6) is 1.01. The van der Waals surface area contributed by atoms with Crippen molar-refractivity contribution in [3.8, 4) is 6.19 Å². The van der Waals surface area contributed by atoms with Gasteiger partial charge in [0.05, 0.1) is 0 Å². The summed E-state index contributed by atoms with van der Waals surface area (Å²) in [7, 11) is 0. The predicted molar refractivity (Wildman–Crippen MR) is 79.9 cm³/mol. The van der Waals surface area contributed by atoms with Crippen molar-refractivity contribution in [1.29, 1.82) is 5.26 Å². The number of aliphatic imine (C=N–C) groups is 1. The Bertz CT molecular complexity index is 667. The Kier molecular flexibility index (Phi) is 3.39. The van der Waals surface area contributed by atoms with E-state index >= 15 is 0 Å². The molecule has 0 spiro atoms. The molecule has 0 aliphatic carbocycles. The highest BCUT2D eigenvalue weighted by atomic mass is 32.2. The van der Waals surface area contributed by atoms with E-state index in [9.17, 15) is 0 Å². The van der Waals surface area contributed by atoms with E-state index in [2.05, 4.69) is 52.4 Å². The summed E-state index contributed by atoms with van der Waals surface area (Å²) in [5.41, 5.74) is 1.28. The fourth-order valence-electron chi connectivity index (χ4n) is 2.36. The molecule has 0 N–H and O–H groups in total. The first-order valence-electron chi connectivity index (χ1n) is 6.19. The summed E-state index contributed by atoms with van der Waals surface area (Å²) in [6.45, 7) is 1.77. The van der Waals surface area contributed by atoms with Crippen LogP contribution in [0.2, 0.25) is 0 Å². The summed E-state index contributed by atoms with van der Waals surface area (Å²) >= 11 is 1.65. The Labute approximate surface area is 116 Å². The minimum absolute atomic E-state index is 0.814. The first-order valence-corrected chi connectivity index (χ1v) is 7.18. The van der Waals surface area contributed by atoms with Crippen molar-refractivity contribution in [2.75, 3.05) is 12.3 Å². The number of nitrogens with zero attached hydrogens (tertiary/aromatic N) is 3. The second-order valence-corrected chi connectivity index (χ2v) is 5.46. The largest absolute Gasteiger partial charge is 0.345 e. The topological polar surface area (TPSA) is 39.4 Å². The van der Waals surface area contributed by atoms with Gasteiger partial charge in [-0.1, -0.05) is 54.2 Å². The van der Waals surface area contributed by atoms with Gasteiger partial charge in [-0.2, -0.15) is 5.26 Å². The number of thioether (sulfide) groups is 1. The molecule has 1 aliphatic heterocycles. The number of hydrogen-bond donors (Lipinski definition) is 0. The Morgan fingerprint density at radius 3 is 2.95 bits per heavy atom. The number of amidine groups is 1. The van der Waals surface area contributed by atoms with Gasteiger partial charge >= 0.3 is 0 Å². The molecule has 1 heterocycles. The fraction of sp³-hybridized carbons (Fsp3) is 0.200.